The summed E-state index contributed by atoms with van der Waals surface area (Å²) in [5, 5.41) is 15.3. The highest BCUT2D eigenvalue weighted by molar-refractivity contribution is 7.00. The average molecular weight is 679 g/mol. The number of benzene rings is 7. The Bertz CT molecular complexity index is 3140. The SMILES string of the molecule is CC(C)(C)c1ccc2c(c1)B1c3cccc4c3N(c3cc(C#N)cc(c31)N2c1cccc2c1oc1ccccc12)c1cccc2c3ccccc3n-4c12. The molecule has 3 aliphatic heterocycles. The molecule has 5 heterocycles. The first-order valence-electron chi connectivity index (χ1n) is 18.3. The number of hydrogen-bond acceptors (Lipinski definition) is 4. The Morgan fingerprint density at radius 1 is 0.585 bits per heavy atom. The van der Waals surface area contributed by atoms with E-state index in [2.05, 4.69) is 163 Å². The first kappa shape index (κ1) is 28.9. The maximum absolute atomic E-state index is 10.7. The maximum Gasteiger partial charge on any atom is 0.252 e. The highest BCUT2D eigenvalue weighted by Gasteiger charge is 2.46. The van der Waals surface area contributed by atoms with Gasteiger partial charge in [-0.15, -0.1) is 0 Å². The minimum Gasteiger partial charge on any atom is -0.454 e. The lowest BCUT2D eigenvalue weighted by Gasteiger charge is -2.46. The Kier molecular flexibility index (Phi) is 5.34. The van der Waals surface area contributed by atoms with Crippen LogP contribution in [0.1, 0.15) is 31.9 Å². The topological polar surface area (TPSA) is 48.3 Å². The second kappa shape index (κ2) is 9.79. The summed E-state index contributed by atoms with van der Waals surface area (Å²) in [4.78, 5) is 4.81. The van der Waals surface area contributed by atoms with E-state index in [0.29, 0.717) is 5.56 Å². The lowest BCUT2D eigenvalue weighted by Crippen LogP contribution is -2.62. The molecular formula is C47H31BN4O. The van der Waals surface area contributed by atoms with E-state index >= 15 is 0 Å². The van der Waals surface area contributed by atoms with Crippen LogP contribution in [0.15, 0.2) is 138 Å². The fourth-order valence-electron chi connectivity index (χ4n) is 9.59. The van der Waals surface area contributed by atoms with Crippen LogP contribution in [0.25, 0.3) is 49.4 Å². The third kappa shape index (κ3) is 3.57. The van der Waals surface area contributed by atoms with Gasteiger partial charge in [-0.2, -0.15) is 5.26 Å². The van der Waals surface area contributed by atoms with Gasteiger partial charge in [0.25, 0.3) is 6.71 Å². The minimum atomic E-state index is -0.0649. The predicted molar refractivity (Wildman–Crippen MR) is 219 cm³/mol. The van der Waals surface area contributed by atoms with Gasteiger partial charge >= 0.3 is 0 Å². The van der Waals surface area contributed by atoms with Gasteiger partial charge in [0.2, 0.25) is 0 Å². The van der Waals surface area contributed by atoms with Crippen LogP contribution in [0.4, 0.5) is 34.1 Å². The van der Waals surface area contributed by atoms with Crippen molar-refractivity contribution in [3.05, 3.63) is 145 Å². The smallest absolute Gasteiger partial charge is 0.252 e. The molecule has 0 bridgehead atoms. The molecule has 5 nitrogen and oxygen atoms in total. The van der Waals surface area contributed by atoms with Crippen molar-refractivity contribution in [2.75, 3.05) is 9.80 Å². The number of anilines is 6. The molecule has 0 fully saturated rings. The summed E-state index contributed by atoms with van der Waals surface area (Å²) >= 11 is 0. The summed E-state index contributed by atoms with van der Waals surface area (Å²) in [6.07, 6.45) is 0. The molecule has 2 aromatic heterocycles. The molecular weight excluding hydrogens is 647 g/mol. The molecule has 0 N–H and O–H groups in total. The molecule has 53 heavy (non-hydrogen) atoms. The fraction of sp³-hybridized carbons (Fsp3) is 0.0851. The summed E-state index contributed by atoms with van der Waals surface area (Å²) in [6, 6.07) is 50.6. The molecule has 0 atom stereocenters. The van der Waals surface area contributed by atoms with E-state index in [1.807, 2.05) is 12.1 Å². The highest BCUT2D eigenvalue weighted by atomic mass is 16.3. The maximum atomic E-state index is 10.7. The Morgan fingerprint density at radius 3 is 2.11 bits per heavy atom. The summed E-state index contributed by atoms with van der Waals surface area (Å²) in [6.45, 7) is 6.80. The van der Waals surface area contributed by atoms with Gasteiger partial charge in [-0.25, -0.2) is 0 Å². The molecule has 0 saturated heterocycles. The zero-order valence-electron chi connectivity index (χ0n) is 29.5. The Balaban J connectivity index is 1.25. The monoisotopic (exact) mass is 678 g/mol. The van der Waals surface area contributed by atoms with Gasteiger partial charge in [0.1, 0.15) is 5.58 Å². The molecule has 6 heteroatoms. The molecule has 0 saturated carbocycles. The summed E-state index contributed by atoms with van der Waals surface area (Å²) < 4.78 is 9.17. The van der Waals surface area contributed by atoms with E-state index < -0.39 is 0 Å². The Labute approximate surface area is 306 Å². The minimum absolute atomic E-state index is 0.0577. The molecule has 0 amide bonds. The van der Waals surface area contributed by atoms with E-state index in [1.165, 1.54) is 49.4 Å². The molecule has 7 aromatic carbocycles. The van der Waals surface area contributed by atoms with E-state index in [4.69, 9.17) is 4.42 Å². The standard InChI is InChI=1S/C47H31BN4O/c1-47(2,3)28-21-22-36-34(25-28)48-33-15-10-18-38-45(33)52(37-17-8-13-31-29-11-4-6-16-35(29)51(38)44(31)37)41-24-27(26-49)23-40(43(41)48)50(36)39-19-9-14-32-30-12-5-7-20-42(30)53-46(32)39/h4-25H,1-3H3. The normalized spacial score (nSPS) is 13.8. The molecule has 12 rings (SSSR count). The van der Waals surface area contributed by atoms with Crippen molar-refractivity contribution >= 4 is 101 Å². The van der Waals surface area contributed by atoms with Crippen LogP contribution >= 0.6 is 0 Å². The van der Waals surface area contributed by atoms with Gasteiger partial charge in [0, 0.05) is 38.6 Å². The number of hydrogen-bond donors (Lipinski definition) is 0. The Morgan fingerprint density at radius 2 is 1.28 bits per heavy atom. The van der Waals surface area contributed by atoms with Gasteiger partial charge in [0.05, 0.1) is 45.4 Å². The van der Waals surface area contributed by atoms with Crippen LogP contribution in [0, 0.1) is 11.3 Å². The first-order chi connectivity index (χ1) is 25.9. The number of nitriles is 1. The van der Waals surface area contributed by atoms with Crippen molar-refractivity contribution in [2.24, 2.45) is 0 Å². The number of rotatable bonds is 1. The number of fused-ring (bicyclic) bond motifs is 12. The largest absolute Gasteiger partial charge is 0.454 e. The zero-order valence-corrected chi connectivity index (χ0v) is 29.5. The first-order valence-corrected chi connectivity index (χ1v) is 18.3. The van der Waals surface area contributed by atoms with Crippen molar-refractivity contribution in [3.63, 3.8) is 0 Å². The molecule has 9 aromatic rings. The second-order valence-corrected chi connectivity index (χ2v) is 15.7. The highest BCUT2D eigenvalue weighted by Crippen LogP contribution is 2.53. The van der Waals surface area contributed by atoms with Gasteiger partial charge in [-0.3, -0.25) is 0 Å². The Hall–Kier alpha value is -6.71. The molecule has 0 spiro atoms. The van der Waals surface area contributed by atoms with Gasteiger partial charge in [0.15, 0.2) is 5.58 Å². The van der Waals surface area contributed by atoms with Crippen molar-refractivity contribution in [3.8, 4) is 11.8 Å². The third-order valence-corrected chi connectivity index (χ3v) is 11.8. The van der Waals surface area contributed by atoms with Crippen LogP contribution in [-0.4, -0.2) is 11.3 Å². The van der Waals surface area contributed by atoms with Crippen LogP contribution in [0.3, 0.4) is 0 Å². The molecule has 3 aliphatic rings. The van der Waals surface area contributed by atoms with Gasteiger partial charge < -0.3 is 18.8 Å². The number of nitrogens with zero attached hydrogens (tertiary/aromatic N) is 4. The van der Waals surface area contributed by atoms with Crippen molar-refractivity contribution in [1.82, 2.24) is 4.57 Å². The second-order valence-electron chi connectivity index (χ2n) is 15.7. The average Bonchev–Trinajstić information content (AvgIpc) is 3.73. The van der Waals surface area contributed by atoms with Gasteiger partial charge in [-0.05, 0) is 75.9 Å². The van der Waals surface area contributed by atoms with E-state index in [0.717, 1.165) is 56.1 Å². The van der Waals surface area contributed by atoms with Gasteiger partial charge in [-0.1, -0.05) is 106 Å². The lowest BCUT2D eigenvalue weighted by atomic mass is 9.33. The number of aromatic nitrogens is 1. The van der Waals surface area contributed by atoms with E-state index in [1.54, 1.807) is 0 Å². The molecule has 248 valence electrons. The molecule has 0 aliphatic carbocycles. The van der Waals surface area contributed by atoms with E-state index in [9.17, 15) is 5.26 Å². The number of para-hydroxylation sites is 5. The molecule has 0 unspecified atom stereocenters. The zero-order chi connectivity index (χ0) is 35.3. The molecule has 0 radical (unpaired) electrons. The van der Waals surface area contributed by atoms with Crippen LogP contribution in [0.2, 0.25) is 0 Å². The van der Waals surface area contributed by atoms with Crippen LogP contribution < -0.4 is 26.2 Å². The van der Waals surface area contributed by atoms with Crippen molar-refractivity contribution < 1.29 is 4.42 Å². The van der Waals surface area contributed by atoms with E-state index in [-0.39, 0.29) is 12.1 Å². The number of furan rings is 1. The summed E-state index contributed by atoms with van der Waals surface area (Å²) in [5.74, 6) is 0. The fourth-order valence-corrected chi connectivity index (χ4v) is 9.59. The van der Waals surface area contributed by atoms with Crippen LogP contribution in [-0.2, 0) is 5.41 Å². The lowest BCUT2D eigenvalue weighted by molar-refractivity contribution is 0.591. The van der Waals surface area contributed by atoms with Crippen molar-refractivity contribution in [2.45, 2.75) is 26.2 Å². The third-order valence-electron chi connectivity index (χ3n) is 11.8. The summed E-state index contributed by atoms with van der Waals surface area (Å²) in [5.41, 5.74) is 17.2. The predicted octanol–water partition coefficient (Wildman–Crippen LogP) is 10.2. The van der Waals surface area contributed by atoms with Crippen molar-refractivity contribution in [1.29, 1.82) is 5.26 Å². The van der Waals surface area contributed by atoms with Crippen LogP contribution in [0.5, 0.6) is 0 Å². The quantitative estimate of drug-likeness (QED) is 0.162. The summed E-state index contributed by atoms with van der Waals surface area (Å²) in [7, 11) is 0.